The van der Waals surface area contributed by atoms with Crippen LogP contribution in [0.4, 0.5) is 5.69 Å². The number of carbonyl (C=O) groups excluding carboxylic acids is 1. The number of hydrogen-bond donors (Lipinski definition) is 3. The number of anilines is 1. The smallest absolute Gasteiger partial charge is 0.423 e. The Morgan fingerprint density at radius 2 is 2.24 bits per heavy atom. The van der Waals surface area contributed by atoms with Crippen LogP contribution in [-0.4, -0.2) is 36.8 Å². The molecule has 1 atom stereocenters. The van der Waals surface area contributed by atoms with Gasteiger partial charge in [-0.25, -0.2) is 0 Å². The van der Waals surface area contributed by atoms with Gasteiger partial charge in [0, 0.05) is 19.2 Å². The molecule has 5 nitrogen and oxygen atoms in total. The van der Waals surface area contributed by atoms with Crippen LogP contribution < -0.4 is 10.8 Å². The van der Waals surface area contributed by atoms with Gasteiger partial charge in [0.2, 0.25) is 6.41 Å². The van der Waals surface area contributed by atoms with Crippen LogP contribution in [-0.2, 0) is 16.0 Å². The molecule has 1 amide bonds. The van der Waals surface area contributed by atoms with Crippen molar-refractivity contribution >= 4 is 24.7 Å². The first-order valence-electron chi connectivity index (χ1n) is 5.30. The van der Waals surface area contributed by atoms with Crippen LogP contribution in [0.25, 0.3) is 0 Å². The first-order chi connectivity index (χ1) is 8.08. The van der Waals surface area contributed by atoms with E-state index >= 15 is 0 Å². The summed E-state index contributed by atoms with van der Waals surface area (Å²) in [6, 6.07) is 4.84. The van der Waals surface area contributed by atoms with Crippen molar-refractivity contribution in [1.82, 2.24) is 0 Å². The van der Waals surface area contributed by atoms with Crippen molar-refractivity contribution in [3.8, 4) is 0 Å². The highest BCUT2D eigenvalue weighted by Crippen LogP contribution is 2.16. The lowest BCUT2D eigenvalue weighted by Crippen LogP contribution is -2.30. The number of carbonyl (C=O) groups is 1. The molecule has 92 valence electrons. The van der Waals surface area contributed by atoms with Crippen LogP contribution in [0.5, 0.6) is 0 Å². The Bertz CT molecular complexity index is 384. The van der Waals surface area contributed by atoms with Gasteiger partial charge in [0.15, 0.2) is 0 Å². The average Bonchev–Trinajstić information content (AvgIpc) is 2.31. The largest absolute Gasteiger partial charge is 0.488 e. The van der Waals surface area contributed by atoms with Crippen LogP contribution in [0.1, 0.15) is 12.5 Å². The third kappa shape index (κ3) is 3.85. The molecule has 0 heterocycles. The minimum absolute atomic E-state index is 0.0201. The Hall–Kier alpha value is -1.37. The lowest BCUT2D eigenvalue weighted by molar-refractivity contribution is -0.105. The second-order valence-electron chi connectivity index (χ2n) is 3.80. The maximum Gasteiger partial charge on any atom is 0.488 e. The Kier molecular flexibility index (Phi) is 5.15. The van der Waals surface area contributed by atoms with Crippen LogP contribution >= 0.6 is 0 Å². The van der Waals surface area contributed by atoms with E-state index in [0.29, 0.717) is 24.0 Å². The highest BCUT2D eigenvalue weighted by molar-refractivity contribution is 6.58. The molecule has 1 aromatic rings. The number of hydrogen-bond acceptors (Lipinski definition) is 4. The monoisotopic (exact) mass is 237 g/mol. The highest BCUT2D eigenvalue weighted by atomic mass is 16.5. The molecule has 0 fully saturated rings. The molecule has 0 aliphatic rings. The maximum atomic E-state index is 10.5. The van der Waals surface area contributed by atoms with E-state index in [2.05, 4.69) is 5.32 Å². The van der Waals surface area contributed by atoms with Gasteiger partial charge in [-0.3, -0.25) is 4.79 Å². The predicted molar refractivity (Wildman–Crippen MR) is 66.1 cm³/mol. The molecule has 3 N–H and O–H groups in total. The van der Waals surface area contributed by atoms with E-state index in [1.54, 1.807) is 25.3 Å². The van der Waals surface area contributed by atoms with E-state index in [1.165, 1.54) is 0 Å². The minimum atomic E-state index is -1.52. The quantitative estimate of drug-likeness (QED) is 0.461. The topological polar surface area (TPSA) is 78.8 Å². The maximum absolute atomic E-state index is 10.5. The van der Waals surface area contributed by atoms with Gasteiger partial charge in [0.25, 0.3) is 0 Å². The summed E-state index contributed by atoms with van der Waals surface area (Å²) in [6.45, 7) is 1.90. The second kappa shape index (κ2) is 6.39. The molecule has 0 saturated carbocycles. The fourth-order valence-electron chi connectivity index (χ4n) is 1.54. The normalized spacial score (nSPS) is 12.0. The summed E-state index contributed by atoms with van der Waals surface area (Å²) >= 11 is 0. The molecule has 1 unspecified atom stereocenters. The summed E-state index contributed by atoms with van der Waals surface area (Å²) in [4.78, 5) is 10.5. The van der Waals surface area contributed by atoms with E-state index in [4.69, 9.17) is 14.8 Å². The van der Waals surface area contributed by atoms with Gasteiger partial charge in [-0.1, -0.05) is 12.1 Å². The fraction of sp³-hybridized carbons (Fsp3) is 0.364. The summed E-state index contributed by atoms with van der Waals surface area (Å²) in [5.74, 6) is 0. The first-order valence-corrected chi connectivity index (χ1v) is 5.30. The van der Waals surface area contributed by atoms with Gasteiger partial charge in [-0.15, -0.1) is 0 Å². The Morgan fingerprint density at radius 3 is 2.76 bits per heavy atom. The molecule has 17 heavy (non-hydrogen) atoms. The lowest BCUT2D eigenvalue weighted by atomic mass is 9.79. The molecular weight excluding hydrogens is 221 g/mol. The van der Waals surface area contributed by atoms with Gasteiger partial charge in [-0.05, 0) is 24.0 Å². The van der Waals surface area contributed by atoms with Crippen molar-refractivity contribution in [3.63, 3.8) is 0 Å². The van der Waals surface area contributed by atoms with Crippen molar-refractivity contribution in [3.05, 3.63) is 23.8 Å². The number of methoxy groups -OCH3 is 1. The van der Waals surface area contributed by atoms with Gasteiger partial charge < -0.3 is 20.1 Å². The Labute approximate surface area is 101 Å². The van der Waals surface area contributed by atoms with Crippen molar-refractivity contribution < 1.29 is 19.6 Å². The third-order valence-electron chi connectivity index (χ3n) is 2.55. The van der Waals surface area contributed by atoms with E-state index in [0.717, 1.165) is 5.56 Å². The van der Waals surface area contributed by atoms with E-state index in [9.17, 15) is 4.79 Å². The summed E-state index contributed by atoms with van der Waals surface area (Å²) in [7, 11) is 0.0827. The summed E-state index contributed by atoms with van der Waals surface area (Å²) in [6.07, 6.45) is 1.15. The number of ether oxygens (including phenoxy) is 1. The summed E-state index contributed by atoms with van der Waals surface area (Å²) < 4.78 is 5.15. The second-order valence-corrected chi connectivity index (χ2v) is 3.80. The molecule has 0 radical (unpaired) electrons. The zero-order valence-corrected chi connectivity index (χ0v) is 9.88. The van der Waals surface area contributed by atoms with Crippen LogP contribution in [0, 0.1) is 0 Å². The Balaban J connectivity index is 3.01. The zero-order chi connectivity index (χ0) is 12.8. The van der Waals surface area contributed by atoms with Gasteiger partial charge in [-0.2, -0.15) is 0 Å². The van der Waals surface area contributed by atoms with E-state index in [-0.39, 0.29) is 6.10 Å². The average molecular weight is 237 g/mol. The molecule has 0 bridgehead atoms. The van der Waals surface area contributed by atoms with Gasteiger partial charge in [0.1, 0.15) is 0 Å². The zero-order valence-electron chi connectivity index (χ0n) is 9.88. The van der Waals surface area contributed by atoms with Gasteiger partial charge >= 0.3 is 7.12 Å². The minimum Gasteiger partial charge on any atom is -0.423 e. The standard InChI is InChI=1S/C11H16BNO4/c1-8(17-2)5-9-6-10(12(15)16)3-4-11(9)13-7-14/h3-4,6-8,15-16H,5H2,1-2H3,(H,13,14). The predicted octanol–water partition coefficient (Wildman–Crippen LogP) is -0.488. The van der Waals surface area contributed by atoms with E-state index in [1.807, 2.05) is 6.92 Å². The SMILES string of the molecule is COC(C)Cc1cc(B(O)O)ccc1NC=O. The molecule has 0 spiro atoms. The van der Waals surface area contributed by atoms with Crippen molar-refractivity contribution in [1.29, 1.82) is 0 Å². The number of rotatable bonds is 6. The molecule has 0 aliphatic carbocycles. The molecule has 0 aromatic heterocycles. The van der Waals surface area contributed by atoms with Gasteiger partial charge in [0.05, 0.1) is 6.10 Å². The van der Waals surface area contributed by atoms with Crippen molar-refractivity contribution in [2.75, 3.05) is 12.4 Å². The van der Waals surface area contributed by atoms with Crippen LogP contribution in [0.15, 0.2) is 18.2 Å². The highest BCUT2D eigenvalue weighted by Gasteiger charge is 2.14. The number of benzene rings is 1. The van der Waals surface area contributed by atoms with E-state index < -0.39 is 7.12 Å². The number of nitrogens with one attached hydrogen (secondary N) is 1. The molecule has 1 aromatic carbocycles. The Morgan fingerprint density at radius 1 is 1.53 bits per heavy atom. The molecule has 0 saturated heterocycles. The molecule has 0 aliphatic heterocycles. The fourth-order valence-corrected chi connectivity index (χ4v) is 1.54. The molecular formula is C11H16BNO4. The molecule has 1 rings (SSSR count). The van der Waals surface area contributed by atoms with Crippen LogP contribution in [0.2, 0.25) is 0 Å². The third-order valence-corrected chi connectivity index (χ3v) is 2.55. The first kappa shape index (κ1) is 13.7. The van der Waals surface area contributed by atoms with Crippen molar-refractivity contribution in [2.45, 2.75) is 19.4 Å². The lowest BCUT2D eigenvalue weighted by Gasteiger charge is -2.14. The van der Waals surface area contributed by atoms with Crippen LogP contribution in [0.3, 0.4) is 0 Å². The summed E-state index contributed by atoms with van der Waals surface area (Å²) in [5.41, 5.74) is 1.84. The summed E-state index contributed by atoms with van der Waals surface area (Å²) in [5, 5.41) is 20.8. The van der Waals surface area contributed by atoms with Crippen molar-refractivity contribution in [2.24, 2.45) is 0 Å². The number of amides is 1. The molecule has 6 heteroatoms.